The molecule has 0 saturated carbocycles. The second-order valence-electron chi connectivity index (χ2n) is 9.94. The van der Waals surface area contributed by atoms with Crippen molar-refractivity contribution < 1.29 is 27.2 Å². The number of ether oxygens (including phenoxy) is 2. The quantitative estimate of drug-likeness (QED) is 0.358. The van der Waals surface area contributed by atoms with Gasteiger partial charge in [-0.2, -0.15) is 0 Å². The summed E-state index contributed by atoms with van der Waals surface area (Å²) in [6.45, 7) is 0.0569. The zero-order valence-electron chi connectivity index (χ0n) is 19.8. The van der Waals surface area contributed by atoms with Crippen LogP contribution in [0.15, 0.2) is 65.6 Å². The van der Waals surface area contributed by atoms with Gasteiger partial charge in [-0.1, -0.05) is 48.5 Å². The Bertz CT molecular complexity index is 1400. The van der Waals surface area contributed by atoms with E-state index in [0.717, 1.165) is 19.3 Å². The third-order valence-corrected chi connectivity index (χ3v) is 8.87. The van der Waals surface area contributed by atoms with E-state index in [4.69, 9.17) is 9.47 Å². The molecule has 0 saturated heterocycles. The number of benzene rings is 3. The molecule has 0 spiro atoms. The lowest BCUT2D eigenvalue weighted by Crippen LogP contribution is -2.35. The molecule has 186 valence electrons. The van der Waals surface area contributed by atoms with E-state index in [9.17, 15) is 17.8 Å². The van der Waals surface area contributed by atoms with Gasteiger partial charge in [0.05, 0.1) is 11.5 Å². The van der Waals surface area contributed by atoms with E-state index in [1.165, 1.54) is 34.4 Å². The van der Waals surface area contributed by atoms with Crippen molar-refractivity contribution in [2.24, 2.45) is 5.92 Å². The lowest BCUT2D eigenvalue weighted by molar-refractivity contribution is -0.147. The fourth-order valence-electron chi connectivity index (χ4n) is 6.47. The molecular weight excluding hydrogens is 476 g/mol. The highest BCUT2D eigenvalue weighted by atomic mass is 32.2. The Morgan fingerprint density at radius 2 is 1.47 bits per heavy atom. The monoisotopic (exact) mass is 503 g/mol. The van der Waals surface area contributed by atoms with Crippen LogP contribution in [0.4, 0.5) is 0 Å². The maximum absolute atomic E-state index is 12.7. The van der Waals surface area contributed by atoms with Crippen molar-refractivity contribution in [2.45, 2.75) is 48.8 Å². The average Bonchev–Trinajstić information content (AvgIpc) is 2.90. The number of esters is 1. The molecule has 0 fully saturated rings. The Hall–Kier alpha value is -3.16. The van der Waals surface area contributed by atoms with Gasteiger partial charge >= 0.3 is 5.97 Å². The van der Waals surface area contributed by atoms with E-state index < -0.39 is 16.1 Å². The molecule has 4 aliphatic carbocycles. The molecule has 36 heavy (non-hydrogen) atoms. The fourth-order valence-corrected chi connectivity index (χ4v) is 7.23. The van der Waals surface area contributed by atoms with Crippen molar-refractivity contribution in [1.29, 1.82) is 0 Å². The summed E-state index contributed by atoms with van der Waals surface area (Å²) >= 11 is 0. The minimum atomic E-state index is -4.56. The first-order chi connectivity index (χ1) is 17.4. The van der Waals surface area contributed by atoms with Gasteiger partial charge < -0.3 is 14.0 Å². The first kappa shape index (κ1) is 23.3. The van der Waals surface area contributed by atoms with Gasteiger partial charge in [-0.25, -0.2) is 13.2 Å². The van der Waals surface area contributed by atoms with E-state index in [1.54, 1.807) is 0 Å². The molecule has 0 amide bonds. The van der Waals surface area contributed by atoms with Crippen molar-refractivity contribution >= 4 is 16.1 Å². The number of hydrogen-bond donors (Lipinski definition) is 0. The van der Waals surface area contributed by atoms with Crippen LogP contribution in [0.1, 0.15) is 64.5 Å². The van der Waals surface area contributed by atoms with Crippen LogP contribution in [-0.4, -0.2) is 32.2 Å². The molecule has 0 radical (unpaired) electrons. The van der Waals surface area contributed by atoms with Gasteiger partial charge in [-0.3, -0.25) is 0 Å². The first-order valence-electron chi connectivity index (χ1n) is 12.5. The molecule has 1 atom stereocenters. The van der Waals surface area contributed by atoms with Crippen LogP contribution >= 0.6 is 0 Å². The normalized spacial score (nSPS) is 21.8. The Morgan fingerprint density at radius 1 is 0.861 bits per heavy atom. The zero-order valence-corrected chi connectivity index (χ0v) is 20.6. The molecule has 6 nitrogen and oxygen atoms in total. The molecule has 0 heterocycles. The van der Waals surface area contributed by atoms with Gasteiger partial charge in [-0.15, -0.1) is 0 Å². The topological polar surface area (TPSA) is 92.7 Å². The molecule has 4 aliphatic rings. The highest BCUT2D eigenvalue weighted by Crippen LogP contribution is 2.55. The van der Waals surface area contributed by atoms with Gasteiger partial charge in [0.2, 0.25) is 0 Å². The van der Waals surface area contributed by atoms with Crippen molar-refractivity contribution in [1.82, 2.24) is 0 Å². The van der Waals surface area contributed by atoms with Gasteiger partial charge in [0.25, 0.3) is 0 Å². The summed E-state index contributed by atoms with van der Waals surface area (Å²) in [6, 6.07) is 19.9. The molecule has 1 unspecified atom stereocenters. The van der Waals surface area contributed by atoms with E-state index in [1.807, 2.05) is 0 Å². The second kappa shape index (κ2) is 9.05. The molecule has 3 aromatic rings. The van der Waals surface area contributed by atoms with Gasteiger partial charge in [0, 0.05) is 17.8 Å². The van der Waals surface area contributed by atoms with Crippen LogP contribution in [-0.2, 0) is 32.5 Å². The van der Waals surface area contributed by atoms with Crippen LogP contribution in [0, 0.1) is 5.92 Å². The number of fused-ring (bicyclic) bond motifs is 2. The first-order valence-corrected chi connectivity index (χ1v) is 13.9. The molecule has 0 N–H and O–H groups in total. The smallest absolute Gasteiger partial charge is 0.344 e. The predicted octanol–water partition coefficient (Wildman–Crippen LogP) is 4.69. The third-order valence-electron chi connectivity index (χ3n) is 7.94. The maximum atomic E-state index is 12.7. The Morgan fingerprint density at radius 3 is 2.11 bits per heavy atom. The predicted molar refractivity (Wildman–Crippen MR) is 132 cm³/mol. The lowest BCUT2D eigenvalue weighted by atomic mass is 9.59. The molecule has 7 rings (SSSR count). The maximum Gasteiger partial charge on any atom is 0.344 e. The van der Waals surface area contributed by atoms with E-state index in [2.05, 4.69) is 48.5 Å². The second-order valence-corrected chi connectivity index (χ2v) is 11.3. The Labute approximate surface area is 211 Å². The zero-order chi connectivity index (χ0) is 24.9. The van der Waals surface area contributed by atoms with E-state index >= 15 is 0 Å². The van der Waals surface area contributed by atoms with Crippen molar-refractivity contribution in [2.75, 3.05) is 13.2 Å². The summed E-state index contributed by atoms with van der Waals surface area (Å²) in [6.07, 6.45) is 3.76. The summed E-state index contributed by atoms with van der Waals surface area (Å²) in [5.74, 6) is 0.698. The Balaban J connectivity index is 1.15. The standard InChI is InChI=1S/C29H28O6S/c30-28(17-34-26-13-14-27(36(31,32)33)22-10-4-3-9-21(22)26)35-16-18-15-25-19-7-1-5-11-23(19)29(18)24-12-6-2-8-20(24)25/h1-2,5-8,11-14,18,25,29H,3-4,9-10,15-17H2,(H,31,32,33)/p-1. The fraction of sp³-hybridized carbons (Fsp3) is 0.345. The number of hydrogen-bond acceptors (Lipinski definition) is 6. The average molecular weight is 504 g/mol. The lowest BCUT2D eigenvalue weighted by Gasteiger charge is -2.45. The van der Waals surface area contributed by atoms with E-state index in [0.29, 0.717) is 42.2 Å². The summed E-state index contributed by atoms with van der Waals surface area (Å²) in [7, 11) is -4.56. The number of carbonyl (C=O) groups excluding carboxylic acids is 1. The summed E-state index contributed by atoms with van der Waals surface area (Å²) in [5.41, 5.74) is 6.64. The molecule has 2 bridgehead atoms. The van der Waals surface area contributed by atoms with Crippen LogP contribution in [0.5, 0.6) is 5.75 Å². The molecule has 0 aromatic heterocycles. The van der Waals surface area contributed by atoms with Gasteiger partial charge in [-0.05, 0) is 77.6 Å². The minimum Gasteiger partial charge on any atom is -0.744 e. The van der Waals surface area contributed by atoms with E-state index in [-0.39, 0.29) is 23.3 Å². The van der Waals surface area contributed by atoms with Crippen molar-refractivity contribution in [3.05, 3.63) is 94.0 Å². The number of rotatable bonds is 6. The van der Waals surface area contributed by atoms with Crippen molar-refractivity contribution in [3.8, 4) is 5.75 Å². The highest BCUT2D eigenvalue weighted by Gasteiger charge is 2.43. The van der Waals surface area contributed by atoms with Crippen LogP contribution in [0.25, 0.3) is 0 Å². The van der Waals surface area contributed by atoms with Gasteiger partial charge in [0.1, 0.15) is 15.9 Å². The number of carbonyl (C=O) groups is 1. The van der Waals surface area contributed by atoms with Crippen LogP contribution in [0.3, 0.4) is 0 Å². The highest BCUT2D eigenvalue weighted by molar-refractivity contribution is 7.85. The third kappa shape index (κ3) is 4.00. The Kier molecular flexibility index (Phi) is 5.85. The summed E-state index contributed by atoms with van der Waals surface area (Å²) < 4.78 is 46.4. The van der Waals surface area contributed by atoms with Crippen molar-refractivity contribution in [3.63, 3.8) is 0 Å². The van der Waals surface area contributed by atoms with Gasteiger partial charge in [0.15, 0.2) is 6.61 Å². The largest absolute Gasteiger partial charge is 0.744 e. The van der Waals surface area contributed by atoms with Crippen LogP contribution in [0.2, 0.25) is 0 Å². The molecule has 7 heteroatoms. The van der Waals surface area contributed by atoms with Crippen LogP contribution < -0.4 is 4.74 Å². The molecular formula is C29H27O6S-. The summed E-state index contributed by atoms with van der Waals surface area (Å²) in [4.78, 5) is 12.5. The summed E-state index contributed by atoms with van der Waals surface area (Å²) in [5, 5.41) is 0. The molecule has 3 aromatic carbocycles. The minimum absolute atomic E-state index is 0.181. The SMILES string of the molecule is O=C(COc1ccc(S(=O)(=O)[O-])c2c1CCCC2)OCC1CC2c3ccccc3C1c1ccccc12. The molecule has 0 aliphatic heterocycles.